The van der Waals surface area contributed by atoms with Crippen molar-refractivity contribution < 1.29 is 0 Å². The number of nitrogens with one attached hydrogen (secondary N) is 1. The number of nitrogens with two attached hydrogens (primary N) is 1. The largest absolute Gasteiger partial charge is 0.370 e. The molecular weight excluding hydrogens is 234 g/mol. The molecule has 2 rings (SSSR count). The van der Waals surface area contributed by atoms with Crippen molar-refractivity contribution in [1.82, 2.24) is 0 Å². The van der Waals surface area contributed by atoms with E-state index in [1.54, 1.807) is 0 Å². The average molecular weight is 259 g/mol. The minimum atomic E-state index is 0.402. The number of aryl methyl sites for hydroxylation is 1. The van der Waals surface area contributed by atoms with E-state index < -0.39 is 0 Å². The maximum absolute atomic E-state index is 5.99. The zero-order valence-electron chi connectivity index (χ0n) is 12.1. The number of hydrogen-bond acceptors (Lipinski definition) is 1. The lowest BCUT2D eigenvalue weighted by Crippen LogP contribution is -2.27. The number of benzene rings is 1. The Kier molecular flexibility index (Phi) is 4.46. The summed E-state index contributed by atoms with van der Waals surface area (Å²) in [5.41, 5.74) is 8.62. The molecule has 1 fully saturated rings. The molecule has 0 unspecified atom stereocenters. The van der Waals surface area contributed by atoms with Crippen LogP contribution in [0.1, 0.15) is 44.6 Å². The summed E-state index contributed by atoms with van der Waals surface area (Å²) >= 11 is 0. The Bertz CT molecular complexity index is 445. The van der Waals surface area contributed by atoms with Gasteiger partial charge in [0.15, 0.2) is 5.96 Å². The molecular formula is C16H25N3. The van der Waals surface area contributed by atoms with E-state index in [9.17, 15) is 0 Å². The molecule has 0 aromatic heterocycles. The molecule has 1 aliphatic carbocycles. The van der Waals surface area contributed by atoms with Gasteiger partial charge in [-0.05, 0) is 49.3 Å². The van der Waals surface area contributed by atoms with Crippen molar-refractivity contribution in [2.24, 2.45) is 16.1 Å². The van der Waals surface area contributed by atoms with Crippen LogP contribution in [0, 0.1) is 12.3 Å². The highest BCUT2D eigenvalue weighted by molar-refractivity contribution is 5.92. The summed E-state index contributed by atoms with van der Waals surface area (Å²) in [6.45, 7) is 5.20. The third kappa shape index (κ3) is 3.72. The Labute approximate surface area is 116 Å². The molecule has 0 bridgehead atoms. The zero-order valence-corrected chi connectivity index (χ0v) is 12.1. The van der Waals surface area contributed by atoms with Gasteiger partial charge in [-0.1, -0.05) is 31.9 Å². The summed E-state index contributed by atoms with van der Waals surface area (Å²) in [5.74, 6) is 0.533. The Hall–Kier alpha value is -1.51. The molecule has 0 aliphatic heterocycles. The Balaban J connectivity index is 1.95. The Morgan fingerprint density at radius 3 is 2.74 bits per heavy atom. The molecule has 3 nitrogen and oxygen atoms in total. The first-order valence-electron chi connectivity index (χ1n) is 7.27. The normalized spacial score (nSPS) is 18.5. The maximum atomic E-state index is 5.99. The van der Waals surface area contributed by atoms with Gasteiger partial charge < -0.3 is 11.1 Å². The highest BCUT2D eigenvalue weighted by Gasteiger charge is 2.31. The molecule has 0 heterocycles. The molecule has 104 valence electrons. The standard InChI is InChI=1S/C16H25N3/c1-3-16(9-4-5-10-16)12-18-15(17)19-14-8-6-7-13(2)11-14/h6-8,11H,3-5,9-10,12H2,1-2H3,(H3,17,18,19). The second kappa shape index (κ2) is 6.09. The van der Waals surface area contributed by atoms with E-state index in [0.717, 1.165) is 12.2 Å². The summed E-state index contributed by atoms with van der Waals surface area (Å²) in [6.07, 6.45) is 6.48. The summed E-state index contributed by atoms with van der Waals surface area (Å²) in [6, 6.07) is 8.19. The van der Waals surface area contributed by atoms with Gasteiger partial charge in [0.25, 0.3) is 0 Å². The summed E-state index contributed by atoms with van der Waals surface area (Å²) in [7, 11) is 0. The van der Waals surface area contributed by atoms with E-state index in [-0.39, 0.29) is 0 Å². The number of anilines is 1. The smallest absolute Gasteiger partial charge is 0.193 e. The minimum absolute atomic E-state index is 0.402. The van der Waals surface area contributed by atoms with Gasteiger partial charge in [0, 0.05) is 12.2 Å². The van der Waals surface area contributed by atoms with E-state index >= 15 is 0 Å². The lowest BCUT2D eigenvalue weighted by atomic mass is 9.84. The van der Waals surface area contributed by atoms with Crippen molar-refractivity contribution in [1.29, 1.82) is 0 Å². The number of hydrogen-bond donors (Lipinski definition) is 2. The van der Waals surface area contributed by atoms with Crippen LogP contribution in [-0.4, -0.2) is 12.5 Å². The fourth-order valence-electron chi connectivity index (χ4n) is 2.91. The molecule has 0 atom stereocenters. The third-order valence-corrected chi connectivity index (χ3v) is 4.29. The maximum Gasteiger partial charge on any atom is 0.193 e. The van der Waals surface area contributed by atoms with Crippen LogP contribution >= 0.6 is 0 Å². The van der Waals surface area contributed by atoms with Gasteiger partial charge in [-0.2, -0.15) is 0 Å². The first-order valence-corrected chi connectivity index (χ1v) is 7.27. The van der Waals surface area contributed by atoms with E-state index in [1.165, 1.54) is 37.7 Å². The van der Waals surface area contributed by atoms with E-state index in [0.29, 0.717) is 11.4 Å². The van der Waals surface area contributed by atoms with Crippen LogP contribution in [-0.2, 0) is 0 Å². The van der Waals surface area contributed by atoms with Crippen molar-refractivity contribution >= 4 is 11.6 Å². The molecule has 1 aromatic rings. The molecule has 3 N–H and O–H groups in total. The van der Waals surface area contributed by atoms with Crippen molar-refractivity contribution in [2.75, 3.05) is 11.9 Å². The van der Waals surface area contributed by atoms with Crippen LogP contribution in [0.3, 0.4) is 0 Å². The molecule has 0 amide bonds. The molecule has 0 radical (unpaired) electrons. The monoisotopic (exact) mass is 259 g/mol. The Morgan fingerprint density at radius 1 is 1.37 bits per heavy atom. The van der Waals surface area contributed by atoms with Gasteiger partial charge in [-0.3, -0.25) is 4.99 Å². The van der Waals surface area contributed by atoms with E-state index in [2.05, 4.69) is 36.3 Å². The van der Waals surface area contributed by atoms with Crippen molar-refractivity contribution in [2.45, 2.75) is 46.0 Å². The lowest BCUT2D eigenvalue weighted by Gasteiger charge is -2.25. The number of rotatable bonds is 4. The van der Waals surface area contributed by atoms with E-state index in [4.69, 9.17) is 5.73 Å². The highest BCUT2D eigenvalue weighted by Crippen LogP contribution is 2.41. The second-order valence-electron chi connectivity index (χ2n) is 5.76. The summed E-state index contributed by atoms with van der Waals surface area (Å²) in [5, 5.41) is 3.18. The first kappa shape index (κ1) is 13.9. The van der Waals surface area contributed by atoms with Crippen molar-refractivity contribution in [3.8, 4) is 0 Å². The topological polar surface area (TPSA) is 50.4 Å². The predicted octanol–water partition coefficient (Wildman–Crippen LogP) is 3.69. The molecule has 1 aliphatic rings. The van der Waals surface area contributed by atoms with Gasteiger partial charge in [0.05, 0.1) is 0 Å². The predicted molar refractivity (Wildman–Crippen MR) is 82.5 cm³/mol. The number of nitrogens with zero attached hydrogens (tertiary/aromatic N) is 1. The van der Waals surface area contributed by atoms with Gasteiger partial charge >= 0.3 is 0 Å². The summed E-state index contributed by atoms with van der Waals surface area (Å²) in [4.78, 5) is 4.56. The van der Waals surface area contributed by atoms with Gasteiger partial charge in [-0.15, -0.1) is 0 Å². The SMILES string of the molecule is CCC1(CN=C(N)Nc2cccc(C)c2)CCCC1. The average Bonchev–Trinajstić information content (AvgIpc) is 2.86. The summed E-state index contributed by atoms with van der Waals surface area (Å²) < 4.78 is 0. The molecule has 0 saturated heterocycles. The van der Waals surface area contributed by atoms with Crippen molar-refractivity contribution in [3.63, 3.8) is 0 Å². The fraction of sp³-hybridized carbons (Fsp3) is 0.562. The van der Waals surface area contributed by atoms with Crippen LogP contribution in [0.5, 0.6) is 0 Å². The molecule has 3 heteroatoms. The number of aliphatic imine (C=N–C) groups is 1. The van der Waals surface area contributed by atoms with Crippen LogP contribution in [0.2, 0.25) is 0 Å². The highest BCUT2D eigenvalue weighted by atomic mass is 15.1. The van der Waals surface area contributed by atoms with Crippen LogP contribution in [0.4, 0.5) is 5.69 Å². The third-order valence-electron chi connectivity index (χ3n) is 4.29. The van der Waals surface area contributed by atoms with Crippen molar-refractivity contribution in [3.05, 3.63) is 29.8 Å². The molecule has 1 aromatic carbocycles. The molecule has 1 saturated carbocycles. The molecule has 0 spiro atoms. The molecule has 19 heavy (non-hydrogen) atoms. The van der Waals surface area contributed by atoms with Gasteiger partial charge in [0.2, 0.25) is 0 Å². The minimum Gasteiger partial charge on any atom is -0.370 e. The van der Waals surface area contributed by atoms with Crippen LogP contribution < -0.4 is 11.1 Å². The Morgan fingerprint density at radius 2 is 2.11 bits per heavy atom. The van der Waals surface area contributed by atoms with Crippen LogP contribution in [0.25, 0.3) is 0 Å². The van der Waals surface area contributed by atoms with Crippen LogP contribution in [0.15, 0.2) is 29.3 Å². The zero-order chi connectivity index (χ0) is 13.7. The van der Waals surface area contributed by atoms with E-state index in [1.807, 2.05) is 12.1 Å². The number of guanidine groups is 1. The van der Waals surface area contributed by atoms with Gasteiger partial charge in [0.1, 0.15) is 0 Å². The second-order valence-corrected chi connectivity index (χ2v) is 5.76. The van der Waals surface area contributed by atoms with Gasteiger partial charge in [-0.25, -0.2) is 0 Å². The fourth-order valence-corrected chi connectivity index (χ4v) is 2.91. The quantitative estimate of drug-likeness (QED) is 0.640. The first-order chi connectivity index (χ1) is 9.13. The lowest BCUT2D eigenvalue weighted by molar-refractivity contribution is 0.297.